The first-order valence-electron chi connectivity index (χ1n) is 8.22. The summed E-state index contributed by atoms with van der Waals surface area (Å²) in [7, 11) is 0. The summed E-state index contributed by atoms with van der Waals surface area (Å²) in [4.78, 5) is 26.4. The molecule has 5 nitrogen and oxygen atoms in total. The molecule has 3 rings (SSSR count). The molecule has 1 heterocycles. The third-order valence-corrected chi connectivity index (χ3v) is 5.24. The minimum atomic E-state index is -1.12. The topological polar surface area (TPSA) is 66.8 Å². The van der Waals surface area contributed by atoms with E-state index in [1.54, 1.807) is 11.8 Å². The van der Waals surface area contributed by atoms with Gasteiger partial charge in [-0.15, -0.1) is 0 Å². The Labute approximate surface area is 136 Å². The Morgan fingerprint density at radius 2 is 2.04 bits per heavy atom. The van der Waals surface area contributed by atoms with Gasteiger partial charge in [0.15, 0.2) is 0 Å². The first-order chi connectivity index (χ1) is 11.0. The quantitative estimate of drug-likeness (QED) is 0.843. The second kappa shape index (κ2) is 5.96. The van der Waals surface area contributed by atoms with E-state index in [4.69, 9.17) is 4.74 Å². The first kappa shape index (κ1) is 16.0. The molecule has 1 aliphatic carbocycles. The van der Waals surface area contributed by atoms with Crippen LogP contribution in [-0.2, 0) is 14.3 Å². The fourth-order valence-corrected chi connectivity index (χ4v) is 3.62. The molecular formula is C18H23NO4. The number of benzene rings is 1. The molecular weight excluding hydrogens is 294 g/mol. The molecule has 2 unspecified atom stereocenters. The summed E-state index contributed by atoms with van der Waals surface area (Å²) in [5.74, 6) is -0.937. The van der Waals surface area contributed by atoms with Gasteiger partial charge in [0.2, 0.25) is 0 Å². The number of nitrogens with zero attached hydrogens (tertiary/aromatic N) is 1. The molecule has 2 aliphatic rings. The third kappa shape index (κ3) is 2.63. The van der Waals surface area contributed by atoms with E-state index in [1.807, 2.05) is 37.3 Å². The smallest absolute Gasteiger partial charge is 0.312 e. The molecule has 0 bridgehead atoms. The zero-order valence-corrected chi connectivity index (χ0v) is 13.6. The van der Waals surface area contributed by atoms with Crippen molar-refractivity contribution in [2.45, 2.75) is 38.8 Å². The van der Waals surface area contributed by atoms with Crippen molar-refractivity contribution in [3.05, 3.63) is 35.9 Å². The summed E-state index contributed by atoms with van der Waals surface area (Å²) in [5.41, 5.74) is 0.352. The second-order valence-electron chi connectivity index (χ2n) is 6.51. The lowest BCUT2D eigenvalue weighted by molar-refractivity contribution is -0.153. The van der Waals surface area contributed by atoms with Crippen LogP contribution in [0.5, 0.6) is 0 Å². The number of esters is 1. The predicted molar refractivity (Wildman–Crippen MR) is 84.4 cm³/mol. The van der Waals surface area contributed by atoms with Crippen LogP contribution in [0.4, 0.5) is 0 Å². The van der Waals surface area contributed by atoms with E-state index in [0.29, 0.717) is 26.0 Å². The van der Waals surface area contributed by atoms with Gasteiger partial charge in [0.1, 0.15) is 6.10 Å². The third-order valence-electron chi connectivity index (χ3n) is 5.24. The second-order valence-corrected chi connectivity index (χ2v) is 6.51. The zero-order valence-electron chi connectivity index (χ0n) is 13.6. The van der Waals surface area contributed by atoms with E-state index in [1.165, 1.54) is 0 Å². The fraction of sp³-hybridized carbons (Fsp3) is 0.556. The van der Waals surface area contributed by atoms with Crippen molar-refractivity contribution in [2.75, 3.05) is 13.2 Å². The normalized spacial score (nSPS) is 26.9. The largest absolute Gasteiger partial charge is 0.466 e. The fourth-order valence-electron chi connectivity index (χ4n) is 3.62. The summed E-state index contributed by atoms with van der Waals surface area (Å²) in [6.07, 6.45) is 0.260. The van der Waals surface area contributed by atoms with Crippen LogP contribution in [0.3, 0.4) is 0 Å². The van der Waals surface area contributed by atoms with Crippen molar-refractivity contribution in [3.8, 4) is 0 Å². The number of carbonyl (C=O) groups is 2. The van der Waals surface area contributed by atoms with E-state index in [0.717, 1.165) is 5.56 Å². The Morgan fingerprint density at radius 3 is 2.61 bits per heavy atom. The van der Waals surface area contributed by atoms with Crippen LogP contribution in [-0.4, -0.2) is 41.1 Å². The van der Waals surface area contributed by atoms with Crippen LogP contribution >= 0.6 is 0 Å². The number of hydrogen-bond acceptors (Lipinski definition) is 4. The lowest BCUT2D eigenvalue weighted by atomic mass is 9.86. The van der Waals surface area contributed by atoms with Crippen molar-refractivity contribution < 1.29 is 19.4 Å². The van der Waals surface area contributed by atoms with Crippen molar-refractivity contribution in [2.24, 2.45) is 11.3 Å². The summed E-state index contributed by atoms with van der Waals surface area (Å²) >= 11 is 0. The lowest BCUT2D eigenvalue weighted by Crippen LogP contribution is -2.36. The summed E-state index contributed by atoms with van der Waals surface area (Å²) in [5, 5.41) is 10.4. The van der Waals surface area contributed by atoms with Crippen LogP contribution in [0.15, 0.2) is 30.3 Å². The lowest BCUT2D eigenvalue weighted by Gasteiger charge is -2.26. The van der Waals surface area contributed by atoms with Gasteiger partial charge in [-0.3, -0.25) is 9.59 Å². The molecule has 124 valence electrons. The monoisotopic (exact) mass is 317 g/mol. The number of amides is 1. The van der Waals surface area contributed by atoms with Gasteiger partial charge in [-0.25, -0.2) is 0 Å². The number of ether oxygens (including phenoxy) is 1. The van der Waals surface area contributed by atoms with Crippen LogP contribution < -0.4 is 0 Å². The van der Waals surface area contributed by atoms with Gasteiger partial charge in [0, 0.05) is 12.5 Å². The molecule has 1 aromatic rings. The van der Waals surface area contributed by atoms with Gasteiger partial charge in [-0.1, -0.05) is 30.3 Å². The number of hydrogen-bond donors (Lipinski definition) is 1. The van der Waals surface area contributed by atoms with E-state index in [9.17, 15) is 14.7 Å². The molecule has 1 aromatic carbocycles. The van der Waals surface area contributed by atoms with Gasteiger partial charge in [-0.05, 0) is 32.3 Å². The maximum atomic E-state index is 12.5. The van der Waals surface area contributed by atoms with E-state index < -0.39 is 11.5 Å². The van der Waals surface area contributed by atoms with Gasteiger partial charge < -0.3 is 14.7 Å². The molecule has 1 saturated carbocycles. The van der Waals surface area contributed by atoms with Crippen molar-refractivity contribution >= 4 is 11.9 Å². The molecule has 3 atom stereocenters. The molecule has 1 N–H and O–H groups in total. The average molecular weight is 317 g/mol. The Morgan fingerprint density at radius 1 is 1.39 bits per heavy atom. The van der Waals surface area contributed by atoms with Gasteiger partial charge >= 0.3 is 5.97 Å². The van der Waals surface area contributed by atoms with Gasteiger partial charge in [0.25, 0.3) is 5.91 Å². The highest BCUT2D eigenvalue weighted by Crippen LogP contribution is 2.56. The minimum absolute atomic E-state index is 0.124. The van der Waals surface area contributed by atoms with E-state index in [2.05, 4.69) is 0 Å². The maximum absolute atomic E-state index is 12.5. The number of aliphatic hydroxyl groups excluding tert-OH is 1. The number of likely N-dealkylation sites (tertiary alicyclic amines) is 1. The van der Waals surface area contributed by atoms with E-state index in [-0.39, 0.29) is 23.8 Å². The van der Waals surface area contributed by atoms with Crippen molar-refractivity contribution in [1.82, 2.24) is 4.90 Å². The Balaban J connectivity index is 1.79. The van der Waals surface area contributed by atoms with Crippen LogP contribution in [0.2, 0.25) is 0 Å². The highest BCUT2D eigenvalue weighted by Gasteiger charge is 2.63. The first-order valence-corrected chi connectivity index (χ1v) is 8.22. The Bertz CT molecular complexity index is 596. The van der Waals surface area contributed by atoms with Crippen molar-refractivity contribution in [3.63, 3.8) is 0 Å². The molecule has 23 heavy (non-hydrogen) atoms. The van der Waals surface area contributed by atoms with Crippen molar-refractivity contribution in [1.29, 1.82) is 0 Å². The molecule has 0 radical (unpaired) electrons. The predicted octanol–water partition coefficient (Wildman–Crippen LogP) is 1.91. The zero-order chi connectivity index (χ0) is 16.6. The van der Waals surface area contributed by atoms with Gasteiger partial charge in [-0.2, -0.15) is 0 Å². The number of carbonyl (C=O) groups excluding carboxylic acids is 2. The maximum Gasteiger partial charge on any atom is 0.312 e. The minimum Gasteiger partial charge on any atom is -0.466 e. The Hall–Kier alpha value is -1.88. The number of aliphatic hydroxyl groups is 1. The molecule has 1 aliphatic heterocycles. The summed E-state index contributed by atoms with van der Waals surface area (Å²) in [6, 6.07) is 9.61. The molecule has 5 heteroatoms. The highest BCUT2D eigenvalue weighted by atomic mass is 16.5. The number of rotatable bonds is 5. The Kier molecular flexibility index (Phi) is 4.15. The summed E-state index contributed by atoms with van der Waals surface area (Å²) in [6.45, 7) is 4.44. The molecule has 1 amide bonds. The SMILES string of the molecule is CCOC(=O)C1(C2CN([C@@H](C)c3ccccc3)C(=O)C2O)CC1. The molecule has 2 fully saturated rings. The molecule has 0 aromatic heterocycles. The van der Waals surface area contributed by atoms with E-state index >= 15 is 0 Å². The van der Waals surface area contributed by atoms with Crippen LogP contribution in [0.25, 0.3) is 0 Å². The highest BCUT2D eigenvalue weighted by molar-refractivity contribution is 5.88. The van der Waals surface area contributed by atoms with Crippen LogP contribution in [0, 0.1) is 11.3 Å². The standard InChI is InChI=1S/C18H23NO4/c1-3-23-17(22)18(9-10-18)14-11-19(16(21)15(14)20)12(2)13-7-5-4-6-8-13/h4-8,12,14-15,20H,3,9-11H2,1-2H3/t12-,14?,15?/m0/s1. The molecule has 1 saturated heterocycles. The summed E-state index contributed by atoms with van der Waals surface area (Å²) < 4.78 is 5.17. The molecule has 0 spiro atoms. The van der Waals surface area contributed by atoms with Crippen LogP contribution in [0.1, 0.15) is 38.3 Å². The average Bonchev–Trinajstić information content (AvgIpc) is 3.31. The van der Waals surface area contributed by atoms with Gasteiger partial charge in [0.05, 0.1) is 18.1 Å².